The van der Waals surface area contributed by atoms with E-state index in [1.807, 2.05) is 31.2 Å². The number of methoxy groups -OCH3 is 1. The Kier molecular flexibility index (Phi) is 6.85. The van der Waals surface area contributed by atoms with E-state index in [0.717, 1.165) is 36.0 Å². The first kappa shape index (κ1) is 20.8. The van der Waals surface area contributed by atoms with Crippen molar-refractivity contribution in [3.63, 3.8) is 0 Å². The molecule has 0 spiro atoms. The highest BCUT2D eigenvalue weighted by atomic mass is 32.2. The van der Waals surface area contributed by atoms with Gasteiger partial charge in [0, 0.05) is 19.2 Å². The van der Waals surface area contributed by atoms with Gasteiger partial charge in [0.2, 0.25) is 10.0 Å². The van der Waals surface area contributed by atoms with Gasteiger partial charge in [-0.1, -0.05) is 24.3 Å². The third-order valence-electron chi connectivity index (χ3n) is 4.41. The number of ether oxygens (including phenoxy) is 1. The van der Waals surface area contributed by atoms with E-state index in [4.69, 9.17) is 4.74 Å². The van der Waals surface area contributed by atoms with E-state index in [1.165, 1.54) is 11.4 Å². The van der Waals surface area contributed by atoms with E-state index >= 15 is 0 Å². The summed E-state index contributed by atoms with van der Waals surface area (Å²) in [6.07, 6.45) is 2.70. The van der Waals surface area contributed by atoms with E-state index in [9.17, 15) is 13.2 Å². The molecular formula is C20H26N2O4S. The van der Waals surface area contributed by atoms with E-state index < -0.39 is 10.0 Å². The molecule has 0 unspecified atom stereocenters. The van der Waals surface area contributed by atoms with Gasteiger partial charge < -0.3 is 10.1 Å². The van der Waals surface area contributed by atoms with E-state index in [1.54, 1.807) is 25.3 Å². The number of benzene rings is 2. The molecule has 2 aromatic rings. The third kappa shape index (κ3) is 5.47. The highest BCUT2D eigenvalue weighted by Crippen LogP contribution is 2.23. The molecule has 1 N–H and O–H groups in total. The lowest BCUT2D eigenvalue weighted by Gasteiger charge is -2.19. The van der Waals surface area contributed by atoms with Gasteiger partial charge in [-0.3, -0.25) is 9.10 Å². The molecule has 6 nitrogen and oxygen atoms in total. The number of rotatable bonds is 8. The highest BCUT2D eigenvalue weighted by molar-refractivity contribution is 7.92. The van der Waals surface area contributed by atoms with Crippen LogP contribution in [0.5, 0.6) is 5.75 Å². The summed E-state index contributed by atoms with van der Waals surface area (Å²) in [6, 6.07) is 12.9. The number of amides is 1. The van der Waals surface area contributed by atoms with Crippen LogP contribution < -0.4 is 14.4 Å². The quantitative estimate of drug-likeness (QED) is 0.703. The zero-order valence-electron chi connectivity index (χ0n) is 16.2. The standard InChI is InChI=1S/C20H26N2O4S/c1-15-11-12-17(14-18(15)22(2)27(4,24)25)20(23)21-13-7-9-16-8-5-6-10-19(16)26-3/h5-6,8,10-12,14H,7,9,13H2,1-4H3,(H,21,23). The van der Waals surface area contributed by atoms with E-state index in [-0.39, 0.29) is 5.91 Å². The summed E-state index contributed by atoms with van der Waals surface area (Å²) in [7, 11) is -0.269. The number of carbonyl (C=O) groups is 1. The molecule has 27 heavy (non-hydrogen) atoms. The van der Waals surface area contributed by atoms with Gasteiger partial charge in [-0.2, -0.15) is 0 Å². The molecule has 0 saturated heterocycles. The zero-order chi connectivity index (χ0) is 20.0. The van der Waals surface area contributed by atoms with Crippen LogP contribution in [0.25, 0.3) is 0 Å². The van der Waals surface area contributed by atoms with Crippen molar-refractivity contribution in [1.82, 2.24) is 5.32 Å². The maximum atomic E-state index is 12.4. The van der Waals surface area contributed by atoms with Crippen LogP contribution in [0.15, 0.2) is 42.5 Å². The Morgan fingerprint density at radius 2 is 1.89 bits per heavy atom. The Balaban J connectivity index is 1.98. The minimum atomic E-state index is -3.39. The molecule has 7 heteroatoms. The first-order valence-electron chi connectivity index (χ1n) is 8.68. The average Bonchev–Trinajstić information content (AvgIpc) is 2.64. The van der Waals surface area contributed by atoms with Crippen molar-refractivity contribution in [2.75, 3.05) is 31.3 Å². The lowest BCUT2D eigenvalue weighted by atomic mass is 10.1. The van der Waals surface area contributed by atoms with Gasteiger partial charge in [-0.15, -0.1) is 0 Å². The Hall–Kier alpha value is -2.54. The van der Waals surface area contributed by atoms with Crippen LogP contribution in [0, 0.1) is 6.92 Å². The fourth-order valence-electron chi connectivity index (χ4n) is 2.76. The Morgan fingerprint density at radius 1 is 1.19 bits per heavy atom. The van der Waals surface area contributed by atoms with Crippen LogP contribution in [0.3, 0.4) is 0 Å². The van der Waals surface area contributed by atoms with Crippen LogP contribution >= 0.6 is 0 Å². The maximum absolute atomic E-state index is 12.4. The van der Waals surface area contributed by atoms with Crippen molar-refractivity contribution in [1.29, 1.82) is 0 Å². The lowest BCUT2D eigenvalue weighted by molar-refractivity contribution is 0.0953. The second-order valence-corrected chi connectivity index (χ2v) is 8.42. The van der Waals surface area contributed by atoms with Crippen LogP contribution in [0.2, 0.25) is 0 Å². The van der Waals surface area contributed by atoms with E-state index in [0.29, 0.717) is 17.8 Å². The minimum Gasteiger partial charge on any atom is -0.496 e. The van der Waals surface area contributed by atoms with Gasteiger partial charge in [-0.05, 0) is 49.1 Å². The molecule has 0 bridgehead atoms. The van der Waals surface area contributed by atoms with Crippen LogP contribution in [-0.4, -0.2) is 41.3 Å². The topological polar surface area (TPSA) is 75.7 Å². The number of para-hydroxylation sites is 1. The first-order chi connectivity index (χ1) is 12.7. The fraction of sp³-hybridized carbons (Fsp3) is 0.350. The number of sulfonamides is 1. The fourth-order valence-corrected chi connectivity index (χ4v) is 3.31. The number of aryl methyl sites for hydroxylation is 2. The first-order valence-corrected chi connectivity index (χ1v) is 10.5. The highest BCUT2D eigenvalue weighted by Gasteiger charge is 2.16. The second kappa shape index (κ2) is 8.90. The summed E-state index contributed by atoms with van der Waals surface area (Å²) < 4.78 is 30.1. The molecule has 0 aliphatic rings. The monoisotopic (exact) mass is 390 g/mol. The second-order valence-electron chi connectivity index (χ2n) is 6.40. The number of hydrogen-bond acceptors (Lipinski definition) is 4. The van der Waals surface area contributed by atoms with Gasteiger partial charge in [0.15, 0.2) is 0 Å². The average molecular weight is 391 g/mol. The Bertz CT molecular complexity index is 910. The predicted molar refractivity (Wildman–Crippen MR) is 108 cm³/mol. The molecule has 0 aliphatic carbocycles. The Labute approximate surface area is 161 Å². The van der Waals surface area contributed by atoms with Crippen molar-refractivity contribution in [2.45, 2.75) is 19.8 Å². The normalized spacial score (nSPS) is 11.1. The minimum absolute atomic E-state index is 0.224. The van der Waals surface area contributed by atoms with Crippen molar-refractivity contribution >= 4 is 21.6 Å². The molecule has 2 rings (SSSR count). The molecule has 146 valence electrons. The summed E-state index contributed by atoms with van der Waals surface area (Å²) in [4.78, 5) is 12.4. The number of carbonyl (C=O) groups excluding carboxylic acids is 1. The summed E-state index contributed by atoms with van der Waals surface area (Å²) in [5.41, 5.74) is 2.82. The SMILES string of the molecule is COc1ccccc1CCCNC(=O)c1ccc(C)c(N(C)S(C)(=O)=O)c1. The van der Waals surface area contributed by atoms with Crippen molar-refractivity contribution in [3.05, 3.63) is 59.2 Å². The molecular weight excluding hydrogens is 364 g/mol. The van der Waals surface area contributed by atoms with Crippen molar-refractivity contribution in [2.24, 2.45) is 0 Å². The molecule has 1 amide bonds. The van der Waals surface area contributed by atoms with Crippen molar-refractivity contribution in [3.8, 4) is 5.75 Å². The molecule has 0 saturated carbocycles. The molecule has 0 heterocycles. The zero-order valence-corrected chi connectivity index (χ0v) is 17.0. The lowest BCUT2D eigenvalue weighted by Crippen LogP contribution is -2.27. The van der Waals surface area contributed by atoms with Gasteiger partial charge in [0.25, 0.3) is 5.91 Å². The maximum Gasteiger partial charge on any atom is 0.251 e. The number of anilines is 1. The van der Waals surface area contributed by atoms with Gasteiger partial charge in [0.05, 0.1) is 19.1 Å². The van der Waals surface area contributed by atoms with Crippen LogP contribution in [0.4, 0.5) is 5.69 Å². The number of nitrogens with one attached hydrogen (secondary N) is 1. The van der Waals surface area contributed by atoms with Gasteiger partial charge in [0.1, 0.15) is 5.75 Å². The third-order valence-corrected chi connectivity index (χ3v) is 5.60. The summed E-state index contributed by atoms with van der Waals surface area (Å²) in [6.45, 7) is 2.33. The van der Waals surface area contributed by atoms with Gasteiger partial charge in [-0.25, -0.2) is 8.42 Å². The van der Waals surface area contributed by atoms with Crippen molar-refractivity contribution < 1.29 is 17.9 Å². The molecule has 0 aromatic heterocycles. The Morgan fingerprint density at radius 3 is 2.56 bits per heavy atom. The van der Waals surface area contributed by atoms with E-state index in [2.05, 4.69) is 5.32 Å². The summed E-state index contributed by atoms with van der Waals surface area (Å²) >= 11 is 0. The largest absolute Gasteiger partial charge is 0.496 e. The number of nitrogens with zero attached hydrogens (tertiary/aromatic N) is 1. The number of hydrogen-bond donors (Lipinski definition) is 1. The molecule has 2 aromatic carbocycles. The molecule has 0 aliphatic heterocycles. The predicted octanol–water partition coefficient (Wildman–Crippen LogP) is 2.76. The van der Waals surface area contributed by atoms with Crippen LogP contribution in [0.1, 0.15) is 27.9 Å². The summed E-state index contributed by atoms with van der Waals surface area (Å²) in [5, 5.41) is 2.88. The summed E-state index contributed by atoms with van der Waals surface area (Å²) in [5.74, 6) is 0.619. The molecule has 0 radical (unpaired) electrons. The smallest absolute Gasteiger partial charge is 0.251 e. The molecule has 0 atom stereocenters. The van der Waals surface area contributed by atoms with Crippen LogP contribution in [-0.2, 0) is 16.4 Å². The van der Waals surface area contributed by atoms with Gasteiger partial charge >= 0.3 is 0 Å². The molecule has 0 fully saturated rings.